The Balaban J connectivity index is 1.79. The molecule has 3 nitrogen and oxygen atoms in total. The number of hydrogen-bond acceptors (Lipinski definition) is 2. The first kappa shape index (κ1) is 17.7. The Morgan fingerprint density at radius 2 is 1.57 bits per heavy atom. The van der Waals surface area contributed by atoms with Crippen LogP contribution < -0.4 is 5.32 Å². The average molecular weight is 378 g/mol. The fraction of sp³-hybridized carbons (Fsp3) is 0. The summed E-state index contributed by atoms with van der Waals surface area (Å²) in [6, 6.07) is 17.6. The minimum absolute atomic E-state index is 0.133. The molecule has 138 valence electrons. The fourth-order valence-electron chi connectivity index (χ4n) is 2.90. The first-order chi connectivity index (χ1) is 13.5. The Labute approximate surface area is 158 Å². The van der Waals surface area contributed by atoms with Gasteiger partial charge in [-0.1, -0.05) is 18.2 Å². The molecule has 1 N–H and O–H groups in total. The summed E-state index contributed by atoms with van der Waals surface area (Å²) >= 11 is 0. The normalized spacial score (nSPS) is 10.8. The van der Waals surface area contributed by atoms with Gasteiger partial charge in [-0.3, -0.25) is 4.79 Å². The third-order valence-electron chi connectivity index (χ3n) is 4.28. The monoisotopic (exact) mass is 378 g/mol. The van der Waals surface area contributed by atoms with Crippen LogP contribution in [0, 0.1) is 17.5 Å². The molecule has 0 atom stereocenters. The molecule has 28 heavy (non-hydrogen) atoms. The minimum atomic E-state index is -1.05. The average Bonchev–Trinajstić information content (AvgIpc) is 2.70. The number of fused-ring (bicyclic) bond motifs is 1. The molecule has 0 saturated heterocycles. The number of pyridine rings is 1. The van der Waals surface area contributed by atoms with E-state index in [-0.39, 0.29) is 11.5 Å². The zero-order valence-electron chi connectivity index (χ0n) is 14.4. The van der Waals surface area contributed by atoms with Gasteiger partial charge in [-0.25, -0.2) is 18.2 Å². The van der Waals surface area contributed by atoms with Crippen LogP contribution in [0.5, 0.6) is 0 Å². The molecule has 0 aliphatic heterocycles. The molecule has 0 spiro atoms. The van der Waals surface area contributed by atoms with E-state index in [0.29, 0.717) is 27.7 Å². The zero-order valence-corrected chi connectivity index (χ0v) is 14.4. The number of rotatable bonds is 3. The smallest absolute Gasteiger partial charge is 0.256 e. The highest BCUT2D eigenvalue weighted by atomic mass is 19.2. The maximum Gasteiger partial charge on any atom is 0.256 e. The van der Waals surface area contributed by atoms with Gasteiger partial charge in [0, 0.05) is 22.7 Å². The van der Waals surface area contributed by atoms with Crippen LogP contribution in [0.3, 0.4) is 0 Å². The lowest BCUT2D eigenvalue weighted by atomic mass is 10.0. The van der Waals surface area contributed by atoms with E-state index in [1.54, 1.807) is 42.5 Å². The molecule has 0 fully saturated rings. The number of anilines is 1. The van der Waals surface area contributed by atoms with E-state index < -0.39 is 17.5 Å². The second kappa shape index (κ2) is 7.15. The van der Waals surface area contributed by atoms with Crippen molar-refractivity contribution in [1.29, 1.82) is 0 Å². The van der Waals surface area contributed by atoms with E-state index in [2.05, 4.69) is 10.3 Å². The second-order valence-corrected chi connectivity index (χ2v) is 6.16. The molecule has 0 aliphatic carbocycles. The van der Waals surface area contributed by atoms with Crippen LogP contribution in [0.15, 0.2) is 72.8 Å². The lowest BCUT2D eigenvalue weighted by Crippen LogP contribution is -2.13. The van der Waals surface area contributed by atoms with Crippen LogP contribution in [0.4, 0.5) is 18.9 Å². The third-order valence-corrected chi connectivity index (χ3v) is 4.28. The summed E-state index contributed by atoms with van der Waals surface area (Å²) in [6.07, 6.45) is 0. The van der Waals surface area contributed by atoms with Gasteiger partial charge in [0.25, 0.3) is 5.91 Å². The fourth-order valence-corrected chi connectivity index (χ4v) is 2.90. The molecule has 6 heteroatoms. The van der Waals surface area contributed by atoms with Crippen LogP contribution in [-0.2, 0) is 0 Å². The van der Waals surface area contributed by atoms with Crippen LogP contribution in [-0.4, -0.2) is 10.9 Å². The van der Waals surface area contributed by atoms with Crippen molar-refractivity contribution < 1.29 is 18.0 Å². The predicted molar refractivity (Wildman–Crippen MR) is 101 cm³/mol. The van der Waals surface area contributed by atoms with Gasteiger partial charge in [0.05, 0.1) is 16.8 Å². The first-order valence-corrected chi connectivity index (χ1v) is 8.43. The summed E-state index contributed by atoms with van der Waals surface area (Å²) in [5, 5.41) is 3.18. The summed E-state index contributed by atoms with van der Waals surface area (Å²) in [4.78, 5) is 17.4. The topological polar surface area (TPSA) is 42.0 Å². The molecule has 0 aliphatic rings. The molecule has 0 bridgehead atoms. The number of carbonyl (C=O) groups is 1. The maximum atomic E-state index is 13.4. The Hall–Kier alpha value is -3.67. The van der Waals surface area contributed by atoms with Crippen LogP contribution in [0.1, 0.15) is 10.4 Å². The van der Waals surface area contributed by atoms with Crippen molar-refractivity contribution in [2.45, 2.75) is 0 Å². The number of halogens is 3. The Morgan fingerprint density at radius 1 is 0.821 bits per heavy atom. The summed E-state index contributed by atoms with van der Waals surface area (Å²) < 4.78 is 39.8. The SMILES string of the molecule is O=C(Nc1ccc(F)c(F)c1)c1cc(-c2ccc(F)cc2)nc2ccccc12. The highest BCUT2D eigenvalue weighted by Gasteiger charge is 2.15. The predicted octanol–water partition coefficient (Wildman–Crippen LogP) is 5.57. The van der Waals surface area contributed by atoms with Crippen LogP contribution in [0.25, 0.3) is 22.2 Å². The largest absolute Gasteiger partial charge is 0.322 e. The first-order valence-electron chi connectivity index (χ1n) is 8.43. The molecule has 4 rings (SSSR count). The van der Waals surface area contributed by atoms with Gasteiger partial charge in [0.15, 0.2) is 11.6 Å². The summed E-state index contributed by atoms with van der Waals surface area (Å²) in [6.45, 7) is 0. The van der Waals surface area contributed by atoms with Crippen molar-refractivity contribution in [3.63, 3.8) is 0 Å². The van der Waals surface area contributed by atoms with E-state index in [1.807, 2.05) is 0 Å². The van der Waals surface area contributed by atoms with E-state index in [0.717, 1.165) is 12.1 Å². The molecule has 0 saturated carbocycles. The van der Waals surface area contributed by atoms with Crippen LogP contribution >= 0.6 is 0 Å². The highest BCUT2D eigenvalue weighted by molar-refractivity contribution is 6.13. The highest BCUT2D eigenvalue weighted by Crippen LogP contribution is 2.26. The summed E-state index contributed by atoms with van der Waals surface area (Å²) in [5.74, 6) is -2.91. The van der Waals surface area contributed by atoms with Crippen molar-refractivity contribution in [2.75, 3.05) is 5.32 Å². The van der Waals surface area contributed by atoms with Gasteiger partial charge >= 0.3 is 0 Å². The number of carbonyl (C=O) groups excluding carboxylic acids is 1. The summed E-state index contributed by atoms with van der Waals surface area (Å²) in [5.41, 5.74) is 2.17. The Kier molecular flexibility index (Phi) is 4.53. The Morgan fingerprint density at radius 3 is 2.32 bits per heavy atom. The minimum Gasteiger partial charge on any atom is -0.322 e. The van der Waals surface area contributed by atoms with Gasteiger partial charge < -0.3 is 5.32 Å². The van der Waals surface area contributed by atoms with Crippen molar-refractivity contribution in [2.24, 2.45) is 0 Å². The summed E-state index contributed by atoms with van der Waals surface area (Å²) in [7, 11) is 0. The zero-order chi connectivity index (χ0) is 19.7. The van der Waals surface area contributed by atoms with E-state index in [1.165, 1.54) is 18.2 Å². The maximum absolute atomic E-state index is 13.4. The van der Waals surface area contributed by atoms with Crippen molar-refractivity contribution in [3.05, 3.63) is 95.8 Å². The number of para-hydroxylation sites is 1. The molecule has 4 aromatic rings. The second-order valence-electron chi connectivity index (χ2n) is 6.16. The number of aromatic nitrogens is 1. The van der Waals surface area contributed by atoms with E-state index in [9.17, 15) is 18.0 Å². The lowest BCUT2D eigenvalue weighted by molar-refractivity contribution is 0.102. The number of benzene rings is 3. The molecule has 1 amide bonds. The molecule has 0 radical (unpaired) electrons. The third kappa shape index (κ3) is 3.44. The molecule has 0 unspecified atom stereocenters. The lowest BCUT2D eigenvalue weighted by Gasteiger charge is -2.11. The van der Waals surface area contributed by atoms with Gasteiger partial charge in [-0.15, -0.1) is 0 Å². The van der Waals surface area contributed by atoms with E-state index >= 15 is 0 Å². The van der Waals surface area contributed by atoms with Crippen molar-refractivity contribution >= 4 is 22.5 Å². The van der Waals surface area contributed by atoms with Gasteiger partial charge in [0.1, 0.15) is 5.82 Å². The van der Waals surface area contributed by atoms with Gasteiger partial charge in [-0.05, 0) is 48.5 Å². The van der Waals surface area contributed by atoms with Gasteiger partial charge in [0.2, 0.25) is 0 Å². The van der Waals surface area contributed by atoms with Gasteiger partial charge in [-0.2, -0.15) is 0 Å². The number of hydrogen-bond donors (Lipinski definition) is 1. The number of nitrogens with zero attached hydrogens (tertiary/aromatic N) is 1. The number of amides is 1. The quantitative estimate of drug-likeness (QED) is 0.506. The van der Waals surface area contributed by atoms with E-state index in [4.69, 9.17) is 0 Å². The number of nitrogens with one attached hydrogen (secondary N) is 1. The molecular formula is C22H13F3N2O. The van der Waals surface area contributed by atoms with Crippen LogP contribution in [0.2, 0.25) is 0 Å². The molecular weight excluding hydrogens is 365 g/mol. The Bertz CT molecular complexity index is 1190. The van der Waals surface area contributed by atoms with Crippen molar-refractivity contribution in [3.8, 4) is 11.3 Å². The molecule has 1 heterocycles. The molecule has 1 aromatic heterocycles. The molecule has 3 aromatic carbocycles. The van der Waals surface area contributed by atoms with Crippen molar-refractivity contribution in [1.82, 2.24) is 4.98 Å². The standard InChI is InChI=1S/C22H13F3N2O/c23-14-7-5-13(6-8-14)21-12-17(16-3-1-2-4-20(16)27-21)22(28)26-15-9-10-18(24)19(25)11-15/h1-12H,(H,26,28).